The monoisotopic (exact) mass is 267 g/mol. The van der Waals surface area contributed by atoms with Crippen LogP contribution in [0.4, 0.5) is 0 Å². The number of carbonyl (C=O) groups excluding carboxylic acids is 1. The third-order valence-corrected chi connectivity index (χ3v) is 4.73. The van der Waals surface area contributed by atoms with E-state index in [0.29, 0.717) is 12.3 Å². The summed E-state index contributed by atoms with van der Waals surface area (Å²) in [4.78, 5) is 11.9. The Kier molecular flexibility index (Phi) is 8.36. The highest BCUT2D eigenvalue weighted by molar-refractivity contribution is 5.79. The molecule has 1 aliphatic rings. The Balaban J connectivity index is 1.93. The predicted molar refractivity (Wildman–Crippen MR) is 82.2 cm³/mol. The molecule has 1 saturated carbocycles. The van der Waals surface area contributed by atoms with E-state index in [-0.39, 0.29) is 5.41 Å². The third kappa shape index (κ3) is 6.56. The maximum atomic E-state index is 11.9. The number of unbranched alkanes of at least 4 members (excludes halogenated alkanes) is 7. The summed E-state index contributed by atoms with van der Waals surface area (Å²) in [6, 6.07) is 0. The van der Waals surface area contributed by atoms with Crippen LogP contribution in [0.25, 0.3) is 0 Å². The number of carbonyl (C=O) groups is 1. The van der Waals surface area contributed by atoms with Crippen LogP contribution in [0.15, 0.2) is 0 Å². The van der Waals surface area contributed by atoms with Crippen molar-refractivity contribution < 1.29 is 4.79 Å². The van der Waals surface area contributed by atoms with Gasteiger partial charge in [-0.3, -0.25) is 4.79 Å². The largest absolute Gasteiger partial charge is 0.330 e. The summed E-state index contributed by atoms with van der Waals surface area (Å²) in [7, 11) is 0. The van der Waals surface area contributed by atoms with Crippen LogP contribution in [0.5, 0.6) is 0 Å². The van der Waals surface area contributed by atoms with E-state index in [9.17, 15) is 4.79 Å². The lowest BCUT2D eigenvalue weighted by Crippen LogP contribution is -2.39. The Labute approximate surface area is 119 Å². The standard InChI is InChI=1S/C17H33NO/c1-2-3-4-5-6-7-8-9-11-16(19)14-17(15-18)12-10-13-17/h2-15,18H2,1H3. The second kappa shape index (κ2) is 9.52. The first kappa shape index (κ1) is 16.7. The van der Waals surface area contributed by atoms with Crippen molar-refractivity contribution in [1.82, 2.24) is 0 Å². The number of ketones is 1. The van der Waals surface area contributed by atoms with Gasteiger partial charge in [-0.25, -0.2) is 0 Å². The van der Waals surface area contributed by atoms with Crippen LogP contribution in [0.3, 0.4) is 0 Å². The first-order valence-electron chi connectivity index (χ1n) is 8.44. The molecule has 1 rings (SSSR count). The quantitative estimate of drug-likeness (QED) is 0.525. The van der Waals surface area contributed by atoms with E-state index < -0.39 is 0 Å². The van der Waals surface area contributed by atoms with Gasteiger partial charge in [0, 0.05) is 12.8 Å². The minimum Gasteiger partial charge on any atom is -0.330 e. The summed E-state index contributed by atoms with van der Waals surface area (Å²) in [6.07, 6.45) is 15.6. The molecule has 0 unspecified atom stereocenters. The number of hydrogen-bond donors (Lipinski definition) is 1. The van der Waals surface area contributed by atoms with E-state index in [0.717, 1.165) is 19.3 Å². The van der Waals surface area contributed by atoms with Gasteiger partial charge >= 0.3 is 0 Å². The van der Waals surface area contributed by atoms with Gasteiger partial charge in [0.2, 0.25) is 0 Å². The Morgan fingerprint density at radius 3 is 2.05 bits per heavy atom. The zero-order valence-corrected chi connectivity index (χ0v) is 12.9. The molecule has 0 aromatic carbocycles. The summed E-state index contributed by atoms with van der Waals surface area (Å²) in [5, 5.41) is 0. The number of Topliss-reactive ketones (excluding diaryl/α,β-unsaturated/α-hetero) is 1. The van der Waals surface area contributed by atoms with Gasteiger partial charge in [0.1, 0.15) is 5.78 Å². The molecular formula is C17H33NO. The van der Waals surface area contributed by atoms with Crippen LogP contribution in [0.1, 0.15) is 90.4 Å². The van der Waals surface area contributed by atoms with Gasteiger partial charge in [0.15, 0.2) is 0 Å². The van der Waals surface area contributed by atoms with Gasteiger partial charge in [-0.1, -0.05) is 58.3 Å². The summed E-state index contributed by atoms with van der Waals surface area (Å²) >= 11 is 0. The van der Waals surface area contributed by atoms with Crippen LogP contribution in [-0.4, -0.2) is 12.3 Å². The fraction of sp³-hybridized carbons (Fsp3) is 0.941. The maximum Gasteiger partial charge on any atom is 0.133 e. The topological polar surface area (TPSA) is 43.1 Å². The lowest BCUT2D eigenvalue weighted by Gasteiger charge is -2.40. The molecule has 0 heterocycles. The van der Waals surface area contributed by atoms with Crippen molar-refractivity contribution in [3.05, 3.63) is 0 Å². The van der Waals surface area contributed by atoms with Crippen LogP contribution in [0, 0.1) is 5.41 Å². The number of rotatable bonds is 12. The molecule has 0 amide bonds. The fourth-order valence-corrected chi connectivity index (χ4v) is 3.09. The Morgan fingerprint density at radius 2 is 1.58 bits per heavy atom. The van der Waals surface area contributed by atoms with E-state index >= 15 is 0 Å². The molecule has 0 atom stereocenters. The summed E-state index contributed by atoms with van der Waals surface area (Å²) in [5.41, 5.74) is 6.00. The molecule has 0 radical (unpaired) electrons. The van der Waals surface area contributed by atoms with Crippen LogP contribution in [-0.2, 0) is 4.79 Å². The molecular weight excluding hydrogens is 234 g/mol. The second-order valence-corrected chi connectivity index (χ2v) is 6.50. The van der Waals surface area contributed by atoms with Crippen LogP contribution >= 0.6 is 0 Å². The highest BCUT2D eigenvalue weighted by atomic mass is 16.1. The molecule has 2 N–H and O–H groups in total. The molecule has 0 bridgehead atoms. The highest BCUT2D eigenvalue weighted by Crippen LogP contribution is 2.43. The van der Waals surface area contributed by atoms with E-state index in [1.165, 1.54) is 64.2 Å². The van der Waals surface area contributed by atoms with Crippen molar-refractivity contribution in [1.29, 1.82) is 0 Å². The van der Waals surface area contributed by atoms with Crippen molar-refractivity contribution in [2.24, 2.45) is 11.1 Å². The molecule has 2 heteroatoms. The summed E-state index contributed by atoms with van der Waals surface area (Å²) in [5.74, 6) is 0.455. The first-order valence-corrected chi connectivity index (χ1v) is 8.44. The van der Waals surface area contributed by atoms with Gasteiger partial charge in [0.05, 0.1) is 0 Å². The van der Waals surface area contributed by atoms with Gasteiger partial charge in [-0.15, -0.1) is 0 Å². The predicted octanol–water partition coefficient (Wildman–Crippen LogP) is 4.61. The molecule has 1 aliphatic carbocycles. The average molecular weight is 267 g/mol. The van der Waals surface area contributed by atoms with Gasteiger partial charge < -0.3 is 5.73 Å². The molecule has 0 aromatic heterocycles. The Bertz CT molecular complexity index is 240. The zero-order valence-electron chi connectivity index (χ0n) is 12.9. The molecule has 0 aromatic rings. The molecule has 2 nitrogen and oxygen atoms in total. The smallest absolute Gasteiger partial charge is 0.133 e. The van der Waals surface area contributed by atoms with E-state index in [4.69, 9.17) is 5.73 Å². The van der Waals surface area contributed by atoms with Crippen molar-refractivity contribution in [2.45, 2.75) is 90.4 Å². The third-order valence-electron chi connectivity index (χ3n) is 4.73. The molecule has 1 fully saturated rings. The van der Waals surface area contributed by atoms with Gasteiger partial charge in [0.25, 0.3) is 0 Å². The fourth-order valence-electron chi connectivity index (χ4n) is 3.09. The molecule has 0 spiro atoms. The molecule has 0 saturated heterocycles. The number of nitrogens with two attached hydrogens (primary N) is 1. The van der Waals surface area contributed by atoms with Crippen molar-refractivity contribution >= 4 is 5.78 Å². The summed E-state index contributed by atoms with van der Waals surface area (Å²) in [6.45, 7) is 2.96. The normalized spacial score (nSPS) is 17.2. The minimum atomic E-state index is 0.206. The molecule has 0 aliphatic heterocycles. The lowest BCUT2D eigenvalue weighted by molar-refractivity contribution is -0.122. The van der Waals surface area contributed by atoms with Gasteiger partial charge in [-0.2, -0.15) is 0 Å². The summed E-state index contributed by atoms with van der Waals surface area (Å²) < 4.78 is 0. The SMILES string of the molecule is CCCCCCCCCCC(=O)CC1(CN)CCC1. The minimum absolute atomic E-state index is 0.206. The zero-order chi connectivity index (χ0) is 14.0. The average Bonchev–Trinajstić information content (AvgIpc) is 2.37. The first-order chi connectivity index (χ1) is 9.22. The van der Waals surface area contributed by atoms with E-state index in [1.54, 1.807) is 0 Å². The second-order valence-electron chi connectivity index (χ2n) is 6.50. The maximum absolute atomic E-state index is 11.9. The lowest BCUT2D eigenvalue weighted by atomic mass is 9.65. The highest BCUT2D eigenvalue weighted by Gasteiger charge is 2.36. The van der Waals surface area contributed by atoms with Crippen molar-refractivity contribution in [2.75, 3.05) is 6.54 Å². The van der Waals surface area contributed by atoms with Crippen molar-refractivity contribution in [3.8, 4) is 0 Å². The molecule has 112 valence electrons. The Hall–Kier alpha value is -0.370. The van der Waals surface area contributed by atoms with Crippen LogP contribution < -0.4 is 5.73 Å². The van der Waals surface area contributed by atoms with Gasteiger partial charge in [-0.05, 0) is 31.2 Å². The van der Waals surface area contributed by atoms with Crippen molar-refractivity contribution in [3.63, 3.8) is 0 Å². The molecule has 19 heavy (non-hydrogen) atoms. The van der Waals surface area contributed by atoms with E-state index in [1.807, 2.05) is 0 Å². The van der Waals surface area contributed by atoms with E-state index in [2.05, 4.69) is 6.92 Å². The number of hydrogen-bond acceptors (Lipinski definition) is 2. The Morgan fingerprint density at radius 1 is 1.00 bits per heavy atom. The van der Waals surface area contributed by atoms with Crippen LogP contribution in [0.2, 0.25) is 0 Å².